The van der Waals surface area contributed by atoms with Crippen molar-refractivity contribution in [1.29, 1.82) is 0 Å². The molecule has 0 radical (unpaired) electrons. The van der Waals surface area contributed by atoms with Crippen LogP contribution in [0, 0.1) is 0 Å². The maximum absolute atomic E-state index is 8.55. The van der Waals surface area contributed by atoms with Crippen LogP contribution in [0.5, 0.6) is 0 Å². The molecule has 0 saturated carbocycles. The molecule has 0 rings (SSSR count). The van der Waals surface area contributed by atoms with E-state index in [9.17, 15) is 0 Å². The Balaban J connectivity index is 3.78. The molecule has 9 heavy (non-hydrogen) atoms. The minimum Gasteiger partial charge on any atom is -0.396 e. The van der Waals surface area contributed by atoms with E-state index in [-0.39, 0.29) is 6.61 Å². The van der Waals surface area contributed by atoms with Gasteiger partial charge in [-0.15, -0.1) is 0 Å². The van der Waals surface area contributed by atoms with Crippen LogP contribution in [-0.2, 0) is 0 Å². The van der Waals surface area contributed by atoms with Crippen molar-refractivity contribution in [2.45, 2.75) is 33.6 Å². The van der Waals surface area contributed by atoms with E-state index < -0.39 is 0 Å². The molecule has 0 fully saturated rings. The molecular formula is C8H16O. The van der Waals surface area contributed by atoms with Gasteiger partial charge in [-0.1, -0.05) is 18.1 Å². The van der Waals surface area contributed by atoms with Crippen molar-refractivity contribution in [3.05, 3.63) is 11.1 Å². The molecule has 0 atom stereocenters. The maximum Gasteiger partial charge on any atom is 0.0468 e. The van der Waals surface area contributed by atoms with E-state index in [0.29, 0.717) is 0 Å². The first-order valence-electron chi connectivity index (χ1n) is 3.48. The second kappa shape index (κ2) is 4.57. The fraction of sp³-hybridized carbons (Fsp3) is 0.750. The highest BCUT2D eigenvalue weighted by Gasteiger charge is 1.91. The summed E-state index contributed by atoms with van der Waals surface area (Å²) in [6.45, 7) is 6.61. The van der Waals surface area contributed by atoms with Gasteiger partial charge in [-0.3, -0.25) is 0 Å². The Morgan fingerprint density at radius 1 is 1.22 bits per heavy atom. The van der Waals surface area contributed by atoms with Gasteiger partial charge in [0.25, 0.3) is 0 Å². The van der Waals surface area contributed by atoms with Gasteiger partial charge in [0, 0.05) is 6.61 Å². The van der Waals surface area contributed by atoms with Crippen molar-refractivity contribution in [3.63, 3.8) is 0 Å². The third kappa shape index (κ3) is 3.31. The van der Waals surface area contributed by atoms with Crippen LogP contribution in [0.25, 0.3) is 0 Å². The van der Waals surface area contributed by atoms with Crippen LogP contribution in [0.3, 0.4) is 0 Å². The highest BCUT2D eigenvalue weighted by atomic mass is 16.2. The summed E-state index contributed by atoms with van der Waals surface area (Å²) in [5, 5.41) is 8.55. The molecular weight excluding hydrogens is 112 g/mol. The smallest absolute Gasteiger partial charge is 0.0468 e. The van der Waals surface area contributed by atoms with Crippen molar-refractivity contribution >= 4 is 0 Å². The van der Waals surface area contributed by atoms with E-state index in [2.05, 4.69) is 20.8 Å². The lowest BCUT2D eigenvalue weighted by Gasteiger charge is -2.01. The van der Waals surface area contributed by atoms with Gasteiger partial charge in [0.2, 0.25) is 0 Å². The SMILES string of the molecule is CC/C(C)=C(\C)CCO. The largest absolute Gasteiger partial charge is 0.396 e. The zero-order valence-electron chi connectivity index (χ0n) is 6.57. The number of allylic oxidation sites excluding steroid dienone is 1. The van der Waals surface area contributed by atoms with Gasteiger partial charge in [-0.25, -0.2) is 0 Å². The minimum atomic E-state index is 0.281. The molecule has 0 unspecified atom stereocenters. The van der Waals surface area contributed by atoms with E-state index in [0.717, 1.165) is 12.8 Å². The quantitative estimate of drug-likeness (QED) is 0.577. The van der Waals surface area contributed by atoms with Crippen LogP contribution in [0.4, 0.5) is 0 Å². The van der Waals surface area contributed by atoms with Gasteiger partial charge in [0.1, 0.15) is 0 Å². The summed E-state index contributed by atoms with van der Waals surface area (Å²) in [5.74, 6) is 0. The first-order valence-corrected chi connectivity index (χ1v) is 3.48. The Morgan fingerprint density at radius 3 is 2.11 bits per heavy atom. The van der Waals surface area contributed by atoms with Crippen molar-refractivity contribution in [2.75, 3.05) is 6.61 Å². The number of aliphatic hydroxyl groups is 1. The van der Waals surface area contributed by atoms with Crippen molar-refractivity contribution in [3.8, 4) is 0 Å². The van der Waals surface area contributed by atoms with Crippen LogP contribution in [0.15, 0.2) is 11.1 Å². The lowest BCUT2D eigenvalue weighted by atomic mass is 10.1. The van der Waals surface area contributed by atoms with Gasteiger partial charge < -0.3 is 5.11 Å². The number of hydrogen-bond donors (Lipinski definition) is 1. The van der Waals surface area contributed by atoms with Gasteiger partial charge in [0.05, 0.1) is 0 Å². The molecule has 0 aromatic rings. The predicted octanol–water partition coefficient (Wildman–Crippen LogP) is 2.12. The van der Waals surface area contributed by atoms with Gasteiger partial charge >= 0.3 is 0 Å². The molecule has 0 aromatic heterocycles. The normalized spacial score (nSPS) is 13.3. The third-order valence-corrected chi connectivity index (χ3v) is 1.75. The monoisotopic (exact) mass is 128 g/mol. The molecule has 0 aromatic carbocycles. The molecule has 54 valence electrons. The molecule has 0 aliphatic heterocycles. The van der Waals surface area contributed by atoms with E-state index in [4.69, 9.17) is 5.11 Å². The molecule has 1 nitrogen and oxygen atoms in total. The molecule has 1 N–H and O–H groups in total. The summed E-state index contributed by atoms with van der Waals surface area (Å²) >= 11 is 0. The molecule has 0 heterocycles. The Kier molecular flexibility index (Phi) is 4.41. The summed E-state index contributed by atoms with van der Waals surface area (Å²) in [7, 11) is 0. The first kappa shape index (κ1) is 8.70. The molecule has 0 saturated heterocycles. The lowest BCUT2D eigenvalue weighted by Crippen LogP contribution is -1.87. The van der Waals surface area contributed by atoms with Crippen LogP contribution >= 0.6 is 0 Å². The molecule has 0 aliphatic rings. The third-order valence-electron chi connectivity index (χ3n) is 1.75. The molecule has 0 spiro atoms. The van der Waals surface area contributed by atoms with Crippen molar-refractivity contribution < 1.29 is 5.11 Å². The van der Waals surface area contributed by atoms with Crippen molar-refractivity contribution in [2.24, 2.45) is 0 Å². The summed E-state index contributed by atoms with van der Waals surface area (Å²) in [6, 6.07) is 0. The lowest BCUT2D eigenvalue weighted by molar-refractivity contribution is 0.299. The van der Waals surface area contributed by atoms with E-state index in [1.807, 2.05) is 0 Å². The van der Waals surface area contributed by atoms with Gasteiger partial charge in [0.15, 0.2) is 0 Å². The molecule has 1 heteroatoms. The number of aliphatic hydroxyl groups excluding tert-OH is 1. The summed E-state index contributed by atoms with van der Waals surface area (Å²) in [6.07, 6.45) is 1.94. The Labute approximate surface area is 57.4 Å². The van der Waals surface area contributed by atoms with Crippen LogP contribution in [-0.4, -0.2) is 11.7 Å². The Hall–Kier alpha value is -0.300. The predicted molar refractivity (Wildman–Crippen MR) is 40.4 cm³/mol. The number of hydrogen-bond acceptors (Lipinski definition) is 1. The van der Waals surface area contributed by atoms with Gasteiger partial charge in [-0.2, -0.15) is 0 Å². The van der Waals surface area contributed by atoms with E-state index in [1.54, 1.807) is 0 Å². The minimum absolute atomic E-state index is 0.281. The fourth-order valence-corrected chi connectivity index (χ4v) is 0.683. The Morgan fingerprint density at radius 2 is 1.78 bits per heavy atom. The zero-order chi connectivity index (χ0) is 7.28. The second-order valence-corrected chi connectivity index (χ2v) is 2.39. The highest BCUT2D eigenvalue weighted by molar-refractivity contribution is 5.08. The topological polar surface area (TPSA) is 20.2 Å². The maximum atomic E-state index is 8.55. The van der Waals surface area contributed by atoms with E-state index >= 15 is 0 Å². The summed E-state index contributed by atoms with van der Waals surface area (Å²) in [5.41, 5.74) is 2.74. The standard InChI is InChI=1S/C8H16O/c1-4-7(2)8(3)5-6-9/h9H,4-6H2,1-3H3/b8-7+. The molecule has 0 aliphatic carbocycles. The summed E-state index contributed by atoms with van der Waals surface area (Å²) < 4.78 is 0. The van der Waals surface area contributed by atoms with Crippen LogP contribution in [0.2, 0.25) is 0 Å². The van der Waals surface area contributed by atoms with Crippen molar-refractivity contribution in [1.82, 2.24) is 0 Å². The fourth-order valence-electron chi connectivity index (χ4n) is 0.683. The zero-order valence-corrected chi connectivity index (χ0v) is 6.57. The second-order valence-electron chi connectivity index (χ2n) is 2.39. The molecule has 0 bridgehead atoms. The van der Waals surface area contributed by atoms with Gasteiger partial charge in [-0.05, 0) is 26.7 Å². The van der Waals surface area contributed by atoms with Crippen LogP contribution in [0.1, 0.15) is 33.6 Å². The van der Waals surface area contributed by atoms with Crippen LogP contribution < -0.4 is 0 Å². The molecule has 0 amide bonds. The number of rotatable bonds is 3. The first-order chi connectivity index (χ1) is 4.22. The average Bonchev–Trinajstić information content (AvgIpc) is 1.87. The summed E-state index contributed by atoms with van der Waals surface area (Å²) in [4.78, 5) is 0. The average molecular weight is 128 g/mol. The highest BCUT2D eigenvalue weighted by Crippen LogP contribution is 2.09. The van der Waals surface area contributed by atoms with E-state index in [1.165, 1.54) is 11.1 Å². The Bertz CT molecular complexity index is 103.